The Hall–Kier alpha value is -2.55. The van der Waals surface area contributed by atoms with Gasteiger partial charge in [0.25, 0.3) is 11.9 Å². The van der Waals surface area contributed by atoms with Gasteiger partial charge in [0.1, 0.15) is 11.4 Å². The molecule has 35 heavy (non-hydrogen) atoms. The number of nitrogens with one attached hydrogen (secondary N) is 1. The maximum Gasteiger partial charge on any atom is 0.283 e. The molecule has 9 heteroatoms. The number of amides is 1. The lowest BCUT2D eigenvalue weighted by Crippen LogP contribution is -2.51. The van der Waals surface area contributed by atoms with E-state index in [1.165, 1.54) is 12.1 Å². The van der Waals surface area contributed by atoms with Gasteiger partial charge in [-0.1, -0.05) is 34.2 Å². The molecular formula is C26H29BrF3N3O2. The van der Waals surface area contributed by atoms with Crippen LogP contribution >= 0.6 is 15.9 Å². The lowest BCUT2D eigenvalue weighted by molar-refractivity contribution is -0.113. The van der Waals surface area contributed by atoms with E-state index in [1.54, 1.807) is 19.1 Å². The van der Waals surface area contributed by atoms with E-state index in [1.807, 2.05) is 18.2 Å². The number of nitrogens with two attached hydrogens (primary N) is 1. The summed E-state index contributed by atoms with van der Waals surface area (Å²) in [5.41, 5.74) is 5.17. The highest BCUT2D eigenvalue weighted by Gasteiger charge is 2.51. The molecule has 188 valence electrons. The first-order chi connectivity index (χ1) is 16.5. The minimum Gasteiger partial charge on any atom is -0.459 e. The van der Waals surface area contributed by atoms with Crippen LogP contribution in [0.15, 0.2) is 57.6 Å². The number of benzene rings is 1. The Morgan fingerprint density at radius 2 is 1.94 bits per heavy atom. The number of carbonyl (C=O) groups excluding carboxylic acids is 1. The summed E-state index contributed by atoms with van der Waals surface area (Å²) in [6, 6.07) is 4.17. The zero-order valence-electron chi connectivity index (χ0n) is 19.6. The van der Waals surface area contributed by atoms with E-state index >= 15 is 4.39 Å². The van der Waals surface area contributed by atoms with E-state index in [9.17, 15) is 13.6 Å². The number of rotatable bonds is 3. The number of alkyl halides is 2. The molecule has 1 saturated carbocycles. The van der Waals surface area contributed by atoms with Gasteiger partial charge in [0.2, 0.25) is 5.92 Å². The first-order valence-electron chi connectivity index (χ1n) is 11.8. The smallest absolute Gasteiger partial charge is 0.283 e. The van der Waals surface area contributed by atoms with Crippen LogP contribution in [0, 0.1) is 5.82 Å². The second kappa shape index (κ2) is 9.84. The van der Waals surface area contributed by atoms with Crippen LogP contribution in [-0.4, -0.2) is 23.5 Å². The Morgan fingerprint density at radius 1 is 1.20 bits per heavy atom. The first kappa shape index (κ1) is 25.5. The number of anilines is 1. The Labute approximate surface area is 211 Å². The van der Waals surface area contributed by atoms with Crippen LogP contribution in [0.1, 0.15) is 63.9 Å². The fourth-order valence-electron chi connectivity index (χ4n) is 5.04. The number of nitrogens with zero attached hydrogens (tertiary/aromatic N) is 1. The first-order valence-corrected chi connectivity index (χ1v) is 12.6. The van der Waals surface area contributed by atoms with Crippen molar-refractivity contribution in [2.45, 2.75) is 75.4 Å². The van der Waals surface area contributed by atoms with Crippen LogP contribution in [0.25, 0.3) is 0 Å². The molecule has 1 amide bonds. The molecule has 1 aromatic carbocycles. The fraction of sp³-hybridized carbons (Fsp3) is 0.462. The van der Waals surface area contributed by atoms with Crippen molar-refractivity contribution in [1.29, 1.82) is 0 Å². The van der Waals surface area contributed by atoms with E-state index in [0.717, 1.165) is 17.3 Å². The molecule has 5 nitrogen and oxygen atoms in total. The molecule has 1 aliphatic heterocycles. The molecule has 1 heterocycles. The molecule has 0 saturated heterocycles. The third-order valence-electron chi connectivity index (χ3n) is 6.87. The third-order valence-corrected chi connectivity index (χ3v) is 7.40. The highest BCUT2D eigenvalue weighted by molar-refractivity contribution is 9.11. The molecule has 0 radical (unpaired) electrons. The van der Waals surface area contributed by atoms with Crippen molar-refractivity contribution in [3.63, 3.8) is 0 Å². The van der Waals surface area contributed by atoms with Crippen molar-refractivity contribution in [2.24, 2.45) is 10.7 Å². The Bertz CT molecular complexity index is 1120. The molecule has 4 rings (SSSR count). The lowest BCUT2D eigenvalue weighted by Gasteiger charge is -2.47. The second-order valence-electron chi connectivity index (χ2n) is 9.73. The standard InChI is InChI=1S/C26H29BrF3N3O2/c1-24(16-25(35-23(31)33-24)11-13-26(29,30)14-12-25)20-15-19(9-10-21(20)28)32-22(34)17-5-3-2-4-6-18(27)8-7-17/h4,6-10,15H,2-3,5,11-14,16H2,1H3,(H2,31,33)(H,32,34)/b6-4+,17-7-,18-8+/t24-/m0/s1. The average Bonchev–Trinajstić information content (AvgIpc) is 2.89. The number of hydrogen-bond acceptors (Lipinski definition) is 4. The summed E-state index contributed by atoms with van der Waals surface area (Å²) < 4.78 is 49.3. The number of aliphatic imine (C=N–C) groups is 1. The van der Waals surface area contributed by atoms with Crippen molar-refractivity contribution in [1.82, 2.24) is 0 Å². The SMILES string of the molecule is C[C@@]1(c2cc(NC(=O)\C3=C/C=C(Br)\C=C\CCC3)ccc2F)CC2(CCC(F)(F)CC2)OC(N)=N1. The number of ether oxygens (including phenoxy) is 1. The largest absolute Gasteiger partial charge is 0.459 e. The molecular weight excluding hydrogens is 523 g/mol. The molecule has 1 fully saturated rings. The van der Waals surface area contributed by atoms with E-state index < -0.39 is 22.9 Å². The highest BCUT2D eigenvalue weighted by Crippen LogP contribution is 2.49. The van der Waals surface area contributed by atoms with Crippen LogP contribution in [0.2, 0.25) is 0 Å². The predicted octanol–water partition coefficient (Wildman–Crippen LogP) is 6.61. The van der Waals surface area contributed by atoms with E-state index in [2.05, 4.69) is 26.2 Å². The van der Waals surface area contributed by atoms with Crippen LogP contribution in [0.5, 0.6) is 0 Å². The summed E-state index contributed by atoms with van der Waals surface area (Å²) in [4.78, 5) is 17.4. The summed E-state index contributed by atoms with van der Waals surface area (Å²) in [6.45, 7) is 1.72. The van der Waals surface area contributed by atoms with Gasteiger partial charge in [-0.15, -0.1) is 0 Å². The van der Waals surface area contributed by atoms with Crippen molar-refractivity contribution < 1.29 is 22.7 Å². The number of allylic oxidation sites excluding steroid dienone is 5. The summed E-state index contributed by atoms with van der Waals surface area (Å²) in [7, 11) is 0. The average molecular weight is 552 g/mol. The summed E-state index contributed by atoms with van der Waals surface area (Å²) in [6.07, 6.45) is 9.65. The molecule has 0 bridgehead atoms. The van der Waals surface area contributed by atoms with Gasteiger partial charge in [-0.2, -0.15) is 0 Å². The van der Waals surface area contributed by atoms with Crippen molar-refractivity contribution in [3.8, 4) is 0 Å². The summed E-state index contributed by atoms with van der Waals surface area (Å²) in [5, 5.41) is 2.86. The van der Waals surface area contributed by atoms with E-state index in [0.29, 0.717) is 17.7 Å². The Kier molecular flexibility index (Phi) is 7.18. The van der Waals surface area contributed by atoms with E-state index in [4.69, 9.17) is 10.5 Å². The summed E-state index contributed by atoms with van der Waals surface area (Å²) in [5.74, 6) is -3.53. The lowest BCUT2D eigenvalue weighted by atomic mass is 9.72. The predicted molar refractivity (Wildman–Crippen MR) is 134 cm³/mol. The zero-order chi connectivity index (χ0) is 25.3. The van der Waals surface area contributed by atoms with Gasteiger partial charge in [0.15, 0.2) is 0 Å². The van der Waals surface area contributed by atoms with Crippen LogP contribution in [0.4, 0.5) is 18.9 Å². The monoisotopic (exact) mass is 551 g/mol. The normalized spacial score (nSPS) is 29.7. The molecule has 1 spiro atoms. The molecule has 0 unspecified atom stereocenters. The topological polar surface area (TPSA) is 76.7 Å². The van der Waals surface area contributed by atoms with Crippen LogP contribution in [0.3, 0.4) is 0 Å². The van der Waals surface area contributed by atoms with Gasteiger partial charge in [0.05, 0.1) is 5.54 Å². The highest BCUT2D eigenvalue weighted by atomic mass is 79.9. The Balaban J connectivity index is 1.59. The quantitative estimate of drug-likeness (QED) is 0.443. The zero-order valence-corrected chi connectivity index (χ0v) is 21.1. The molecule has 1 aromatic rings. The molecule has 3 N–H and O–H groups in total. The second-order valence-corrected chi connectivity index (χ2v) is 10.6. The minimum absolute atomic E-state index is 0.107. The van der Waals surface area contributed by atoms with Crippen LogP contribution < -0.4 is 11.1 Å². The number of halogens is 4. The van der Waals surface area contributed by atoms with Gasteiger partial charge in [-0.25, -0.2) is 18.2 Å². The number of carbonyl (C=O) groups is 1. The fourth-order valence-corrected chi connectivity index (χ4v) is 5.36. The van der Waals surface area contributed by atoms with Crippen molar-refractivity contribution >= 4 is 33.5 Å². The van der Waals surface area contributed by atoms with Crippen LogP contribution in [-0.2, 0) is 15.1 Å². The van der Waals surface area contributed by atoms with Gasteiger partial charge < -0.3 is 15.8 Å². The van der Waals surface area contributed by atoms with E-state index in [-0.39, 0.29) is 49.6 Å². The van der Waals surface area contributed by atoms with Gasteiger partial charge in [0, 0.05) is 40.6 Å². The van der Waals surface area contributed by atoms with Crippen molar-refractivity contribution in [2.75, 3.05) is 5.32 Å². The Morgan fingerprint density at radius 3 is 2.69 bits per heavy atom. The molecule has 3 aliphatic rings. The van der Waals surface area contributed by atoms with Gasteiger partial charge in [-0.05, 0) is 63.3 Å². The third kappa shape index (κ3) is 6.00. The minimum atomic E-state index is -2.74. The summed E-state index contributed by atoms with van der Waals surface area (Å²) >= 11 is 3.44. The number of amidine groups is 1. The van der Waals surface area contributed by atoms with Gasteiger partial charge in [-0.3, -0.25) is 4.79 Å². The maximum atomic E-state index is 15.1. The van der Waals surface area contributed by atoms with Crippen molar-refractivity contribution in [3.05, 3.63) is 63.9 Å². The molecule has 1 atom stereocenters. The van der Waals surface area contributed by atoms with Gasteiger partial charge >= 0.3 is 0 Å². The number of hydrogen-bond donors (Lipinski definition) is 2. The molecule has 2 aliphatic carbocycles. The maximum absolute atomic E-state index is 15.1. The molecule has 0 aromatic heterocycles.